The van der Waals surface area contributed by atoms with E-state index in [0.717, 1.165) is 12.8 Å². The highest BCUT2D eigenvalue weighted by Crippen LogP contribution is 2.44. The molecule has 1 aliphatic heterocycles. The number of carboxylic acid groups (broad SMARTS) is 1. The number of benzene rings is 2. The van der Waals surface area contributed by atoms with Gasteiger partial charge in [0.2, 0.25) is 5.91 Å². The van der Waals surface area contributed by atoms with Gasteiger partial charge in [-0.3, -0.25) is 9.69 Å². The predicted molar refractivity (Wildman–Crippen MR) is 132 cm³/mol. The number of piperidine rings is 1. The molecule has 3 N–H and O–H groups in total. The molecular weight excluding hydrogens is 446 g/mol. The summed E-state index contributed by atoms with van der Waals surface area (Å²) in [6.07, 6.45) is 2.53. The van der Waals surface area contributed by atoms with Crippen LogP contribution in [0.2, 0.25) is 0 Å². The lowest BCUT2D eigenvalue weighted by molar-refractivity contribution is -0.132. The third kappa shape index (κ3) is 6.08. The van der Waals surface area contributed by atoms with Crippen molar-refractivity contribution in [3.63, 3.8) is 0 Å². The molecule has 2 aromatic rings. The summed E-state index contributed by atoms with van der Waals surface area (Å²) < 4.78 is 5.64. The van der Waals surface area contributed by atoms with E-state index in [1.807, 2.05) is 29.2 Å². The summed E-state index contributed by atoms with van der Waals surface area (Å²) >= 11 is 0. The minimum Gasteiger partial charge on any atom is -0.478 e. The number of likely N-dealkylation sites (tertiary alicyclic amines) is 1. The van der Waals surface area contributed by atoms with Crippen LogP contribution in [0.15, 0.2) is 60.2 Å². The van der Waals surface area contributed by atoms with Crippen molar-refractivity contribution in [1.29, 1.82) is 0 Å². The zero-order valence-electron chi connectivity index (χ0n) is 19.8. The largest absolute Gasteiger partial charge is 0.478 e. The van der Waals surface area contributed by atoms with E-state index >= 15 is 0 Å². The minimum absolute atomic E-state index is 0.00566. The maximum atomic E-state index is 12.5. The number of rotatable bonds is 8. The van der Waals surface area contributed by atoms with E-state index in [2.05, 4.69) is 34.9 Å². The third-order valence-corrected chi connectivity index (χ3v) is 6.67. The molecule has 2 amide bonds. The van der Waals surface area contributed by atoms with Gasteiger partial charge in [-0.2, -0.15) is 0 Å². The predicted octanol–water partition coefficient (Wildman–Crippen LogP) is 3.14. The van der Waals surface area contributed by atoms with Gasteiger partial charge in [-0.1, -0.05) is 54.6 Å². The van der Waals surface area contributed by atoms with E-state index in [-0.39, 0.29) is 43.1 Å². The number of aliphatic carboxylic acids is 1. The van der Waals surface area contributed by atoms with Crippen molar-refractivity contribution in [3.05, 3.63) is 71.3 Å². The molecule has 184 valence electrons. The summed E-state index contributed by atoms with van der Waals surface area (Å²) in [6, 6.07) is 16.5. The molecule has 0 saturated carbocycles. The highest BCUT2D eigenvalue weighted by atomic mass is 16.5. The van der Waals surface area contributed by atoms with Crippen molar-refractivity contribution < 1.29 is 24.2 Å². The van der Waals surface area contributed by atoms with Gasteiger partial charge in [0.05, 0.1) is 6.54 Å². The van der Waals surface area contributed by atoms with Gasteiger partial charge in [0.1, 0.15) is 6.61 Å². The van der Waals surface area contributed by atoms with Crippen molar-refractivity contribution in [3.8, 4) is 11.1 Å². The van der Waals surface area contributed by atoms with Gasteiger partial charge in [-0.05, 0) is 42.0 Å². The van der Waals surface area contributed by atoms with E-state index in [1.54, 1.807) is 0 Å². The molecule has 0 spiro atoms. The molecule has 8 nitrogen and oxygen atoms in total. The van der Waals surface area contributed by atoms with Crippen molar-refractivity contribution in [2.45, 2.75) is 31.7 Å². The van der Waals surface area contributed by atoms with Gasteiger partial charge < -0.3 is 20.5 Å². The Bertz CT molecular complexity index is 1080. The van der Waals surface area contributed by atoms with Gasteiger partial charge in [0.25, 0.3) is 0 Å². The molecule has 0 atom stereocenters. The Morgan fingerprint density at radius 2 is 1.63 bits per heavy atom. The first kappa shape index (κ1) is 24.5. The molecule has 0 radical (unpaired) electrons. The van der Waals surface area contributed by atoms with Crippen LogP contribution >= 0.6 is 0 Å². The number of carbonyl (C=O) groups excluding carboxylic acids is 2. The Morgan fingerprint density at radius 3 is 2.23 bits per heavy atom. The Balaban J connectivity index is 1.19. The summed E-state index contributed by atoms with van der Waals surface area (Å²) in [7, 11) is 0. The number of fused-ring (bicyclic) bond motifs is 3. The Morgan fingerprint density at radius 1 is 1.03 bits per heavy atom. The highest BCUT2D eigenvalue weighted by Gasteiger charge is 2.29. The first-order valence-corrected chi connectivity index (χ1v) is 11.9. The number of amides is 2. The normalized spacial score (nSPS) is 16.3. The van der Waals surface area contributed by atoms with Crippen LogP contribution in [0.5, 0.6) is 0 Å². The second kappa shape index (κ2) is 11.2. The molecule has 1 aliphatic carbocycles. The maximum absolute atomic E-state index is 12.5. The quantitative estimate of drug-likeness (QED) is 0.504. The van der Waals surface area contributed by atoms with E-state index < -0.39 is 12.1 Å². The van der Waals surface area contributed by atoms with Gasteiger partial charge in [-0.15, -0.1) is 0 Å². The first-order valence-electron chi connectivity index (χ1n) is 11.9. The molecule has 0 unspecified atom stereocenters. The zero-order chi connectivity index (χ0) is 24.8. The zero-order valence-corrected chi connectivity index (χ0v) is 19.8. The topological polar surface area (TPSA) is 108 Å². The van der Waals surface area contributed by atoms with Gasteiger partial charge in [0.15, 0.2) is 0 Å². The number of hydrogen-bond donors (Lipinski definition) is 3. The summed E-state index contributed by atoms with van der Waals surface area (Å²) in [5.41, 5.74) is 4.96. The minimum atomic E-state index is -0.995. The fourth-order valence-corrected chi connectivity index (χ4v) is 4.71. The van der Waals surface area contributed by atoms with Crippen molar-refractivity contribution in [1.82, 2.24) is 15.5 Å². The Labute approximate surface area is 205 Å². The van der Waals surface area contributed by atoms with Gasteiger partial charge >= 0.3 is 12.1 Å². The van der Waals surface area contributed by atoms with E-state index in [4.69, 9.17) is 9.84 Å². The van der Waals surface area contributed by atoms with Crippen LogP contribution in [0.3, 0.4) is 0 Å². The molecule has 1 heterocycles. The van der Waals surface area contributed by atoms with Crippen LogP contribution in [0.25, 0.3) is 11.1 Å². The standard InChI is InChI=1S/C27H31N3O5/c1-18(26(32)33)10-13-28-25(31)16-30-14-11-19(12-15-30)29-27(34)35-17-24-22-8-4-2-6-20(22)21-7-3-5-9-23(21)24/h2-10,19,24H,11-17H2,1H3,(H,28,31)(H,29,34)(H,32,33)/b18-10+. The average Bonchev–Trinajstić information content (AvgIpc) is 3.17. The SMILES string of the molecule is C/C(=C\CNC(=O)CN1CCC(NC(=O)OCC2c3ccccc3-c3ccccc32)CC1)C(=O)O. The fourth-order valence-electron chi connectivity index (χ4n) is 4.71. The Kier molecular flexibility index (Phi) is 7.82. The highest BCUT2D eigenvalue weighted by molar-refractivity contribution is 5.86. The van der Waals surface area contributed by atoms with Crippen LogP contribution in [-0.2, 0) is 14.3 Å². The molecule has 0 bridgehead atoms. The van der Waals surface area contributed by atoms with Crippen LogP contribution in [-0.4, -0.2) is 66.8 Å². The number of nitrogens with zero attached hydrogens (tertiary/aromatic N) is 1. The van der Waals surface area contributed by atoms with Crippen LogP contribution in [0.1, 0.15) is 36.8 Å². The lowest BCUT2D eigenvalue weighted by Crippen LogP contribution is -2.47. The molecule has 1 saturated heterocycles. The number of nitrogens with one attached hydrogen (secondary N) is 2. The smallest absolute Gasteiger partial charge is 0.407 e. The van der Waals surface area contributed by atoms with Crippen LogP contribution < -0.4 is 10.6 Å². The first-order chi connectivity index (χ1) is 16.9. The summed E-state index contributed by atoms with van der Waals surface area (Å²) in [5.74, 6) is -1.12. The van der Waals surface area contributed by atoms with Crippen molar-refractivity contribution >= 4 is 18.0 Å². The number of carbonyl (C=O) groups is 3. The summed E-state index contributed by atoms with van der Waals surface area (Å²) in [6.45, 7) is 3.59. The van der Waals surface area contributed by atoms with Crippen molar-refractivity contribution in [2.75, 3.05) is 32.8 Å². The van der Waals surface area contributed by atoms with E-state index in [1.165, 1.54) is 35.3 Å². The second-order valence-electron chi connectivity index (χ2n) is 9.02. The maximum Gasteiger partial charge on any atom is 0.407 e. The summed E-state index contributed by atoms with van der Waals surface area (Å²) in [4.78, 5) is 37.4. The van der Waals surface area contributed by atoms with E-state index in [9.17, 15) is 14.4 Å². The monoisotopic (exact) mass is 477 g/mol. The lowest BCUT2D eigenvalue weighted by atomic mass is 9.98. The molecule has 35 heavy (non-hydrogen) atoms. The number of alkyl carbamates (subject to hydrolysis) is 1. The Hall–Kier alpha value is -3.65. The molecule has 2 aromatic carbocycles. The summed E-state index contributed by atoms with van der Waals surface area (Å²) in [5, 5.41) is 14.5. The second-order valence-corrected chi connectivity index (χ2v) is 9.02. The fraction of sp³-hybridized carbons (Fsp3) is 0.370. The molecular formula is C27H31N3O5. The molecule has 2 aliphatic rings. The van der Waals surface area contributed by atoms with E-state index in [0.29, 0.717) is 13.1 Å². The number of carboxylic acids is 1. The van der Waals surface area contributed by atoms with Crippen LogP contribution in [0, 0.1) is 0 Å². The number of ether oxygens (including phenoxy) is 1. The number of hydrogen-bond acceptors (Lipinski definition) is 5. The van der Waals surface area contributed by atoms with Crippen LogP contribution in [0.4, 0.5) is 4.79 Å². The molecule has 8 heteroatoms. The van der Waals surface area contributed by atoms with Gasteiger partial charge in [0, 0.05) is 37.2 Å². The van der Waals surface area contributed by atoms with Gasteiger partial charge in [-0.25, -0.2) is 9.59 Å². The average molecular weight is 478 g/mol. The molecule has 1 fully saturated rings. The lowest BCUT2D eigenvalue weighted by Gasteiger charge is -2.31. The molecule has 0 aromatic heterocycles. The molecule has 4 rings (SSSR count). The third-order valence-electron chi connectivity index (χ3n) is 6.67. The van der Waals surface area contributed by atoms with Crippen molar-refractivity contribution in [2.24, 2.45) is 0 Å².